The van der Waals surface area contributed by atoms with Crippen molar-refractivity contribution in [3.8, 4) is 23.0 Å². The molecule has 1 heterocycles. The minimum Gasteiger partial charge on any atom is -0.496 e. The standard InChI is InChI=1S/C20H20N2O3/c1-23-18-9-5-4-8-17(18)20-22-21-19(25-20)13-24-16-11-10-14-6-2-3-7-15(14)12-16/h4-5,8-12H,2-3,6-7,13H2,1H3. The molecular weight excluding hydrogens is 316 g/mol. The van der Waals surface area contributed by atoms with Gasteiger partial charge in [-0.2, -0.15) is 0 Å². The molecule has 0 aliphatic heterocycles. The fourth-order valence-electron chi connectivity index (χ4n) is 3.19. The van der Waals surface area contributed by atoms with Crippen LogP contribution in [0.2, 0.25) is 0 Å². The Bertz CT molecular complexity index is 873. The van der Waals surface area contributed by atoms with Crippen LogP contribution in [-0.2, 0) is 19.4 Å². The van der Waals surface area contributed by atoms with Crippen LogP contribution in [0.15, 0.2) is 46.9 Å². The number of nitrogens with zero attached hydrogens (tertiary/aromatic N) is 2. The first-order chi connectivity index (χ1) is 12.3. The van der Waals surface area contributed by atoms with Crippen LogP contribution in [0.25, 0.3) is 11.5 Å². The van der Waals surface area contributed by atoms with E-state index in [1.165, 1.54) is 30.4 Å². The highest BCUT2D eigenvalue weighted by Gasteiger charge is 2.14. The first-order valence-electron chi connectivity index (χ1n) is 8.54. The van der Waals surface area contributed by atoms with Gasteiger partial charge < -0.3 is 13.9 Å². The molecule has 0 unspecified atom stereocenters. The molecule has 0 amide bonds. The summed E-state index contributed by atoms with van der Waals surface area (Å²) in [6.07, 6.45) is 4.83. The van der Waals surface area contributed by atoms with E-state index in [1.54, 1.807) is 7.11 Å². The molecule has 0 atom stereocenters. The number of benzene rings is 2. The molecule has 0 saturated heterocycles. The number of ether oxygens (including phenoxy) is 2. The van der Waals surface area contributed by atoms with Crippen LogP contribution < -0.4 is 9.47 Å². The third kappa shape index (κ3) is 3.36. The van der Waals surface area contributed by atoms with E-state index in [-0.39, 0.29) is 6.61 Å². The summed E-state index contributed by atoms with van der Waals surface area (Å²) in [5, 5.41) is 8.17. The van der Waals surface area contributed by atoms with E-state index in [1.807, 2.05) is 30.3 Å². The lowest BCUT2D eigenvalue weighted by Crippen LogP contribution is -2.03. The molecule has 0 radical (unpaired) electrons. The normalized spacial score (nSPS) is 13.3. The minimum absolute atomic E-state index is 0.251. The van der Waals surface area contributed by atoms with Gasteiger partial charge in [-0.3, -0.25) is 0 Å². The molecule has 5 heteroatoms. The quantitative estimate of drug-likeness (QED) is 0.699. The summed E-state index contributed by atoms with van der Waals surface area (Å²) >= 11 is 0. The second-order valence-corrected chi connectivity index (χ2v) is 6.13. The second kappa shape index (κ2) is 6.97. The number of aromatic nitrogens is 2. The molecular formula is C20H20N2O3. The third-order valence-corrected chi connectivity index (χ3v) is 4.49. The van der Waals surface area contributed by atoms with Crippen molar-refractivity contribution < 1.29 is 13.9 Å². The fraction of sp³-hybridized carbons (Fsp3) is 0.300. The molecule has 2 aromatic carbocycles. The maximum Gasteiger partial charge on any atom is 0.254 e. The summed E-state index contributed by atoms with van der Waals surface area (Å²) < 4.78 is 16.9. The Morgan fingerprint density at radius 3 is 2.72 bits per heavy atom. The minimum atomic E-state index is 0.251. The average Bonchev–Trinajstić information content (AvgIpc) is 3.15. The molecule has 1 aliphatic carbocycles. The Labute approximate surface area is 146 Å². The zero-order valence-electron chi connectivity index (χ0n) is 14.2. The predicted octanol–water partition coefficient (Wildman–Crippen LogP) is 4.20. The van der Waals surface area contributed by atoms with Crippen LogP contribution in [0.1, 0.15) is 29.9 Å². The van der Waals surface area contributed by atoms with Gasteiger partial charge in [0.15, 0.2) is 6.61 Å². The summed E-state index contributed by atoms with van der Waals surface area (Å²) in [5.41, 5.74) is 3.61. The molecule has 0 N–H and O–H groups in total. The zero-order valence-corrected chi connectivity index (χ0v) is 14.2. The van der Waals surface area contributed by atoms with E-state index < -0.39 is 0 Å². The molecule has 5 nitrogen and oxygen atoms in total. The van der Waals surface area contributed by atoms with E-state index >= 15 is 0 Å². The van der Waals surface area contributed by atoms with Crippen molar-refractivity contribution in [3.05, 3.63) is 59.5 Å². The van der Waals surface area contributed by atoms with Crippen molar-refractivity contribution >= 4 is 0 Å². The molecule has 25 heavy (non-hydrogen) atoms. The van der Waals surface area contributed by atoms with Gasteiger partial charge in [-0.25, -0.2) is 0 Å². The number of fused-ring (bicyclic) bond motifs is 1. The lowest BCUT2D eigenvalue weighted by atomic mass is 9.92. The van der Waals surface area contributed by atoms with E-state index in [9.17, 15) is 0 Å². The van der Waals surface area contributed by atoms with Crippen molar-refractivity contribution in [1.29, 1.82) is 0 Å². The molecule has 3 aromatic rings. The summed E-state index contributed by atoms with van der Waals surface area (Å²) in [7, 11) is 1.62. The van der Waals surface area contributed by atoms with Crippen molar-refractivity contribution in [3.63, 3.8) is 0 Å². The summed E-state index contributed by atoms with van der Waals surface area (Å²) in [5.74, 6) is 2.42. The van der Waals surface area contributed by atoms with Crippen molar-refractivity contribution in [2.75, 3.05) is 7.11 Å². The van der Waals surface area contributed by atoms with Gasteiger partial charge in [0, 0.05) is 0 Å². The molecule has 1 aliphatic rings. The van der Waals surface area contributed by atoms with Gasteiger partial charge in [-0.15, -0.1) is 10.2 Å². The Balaban J connectivity index is 1.47. The molecule has 0 saturated carbocycles. The first-order valence-corrected chi connectivity index (χ1v) is 8.54. The zero-order chi connectivity index (χ0) is 17.1. The highest BCUT2D eigenvalue weighted by molar-refractivity contribution is 5.62. The maximum atomic E-state index is 5.84. The maximum absolute atomic E-state index is 5.84. The van der Waals surface area contributed by atoms with E-state index in [4.69, 9.17) is 13.9 Å². The molecule has 1 aromatic heterocycles. The van der Waals surface area contributed by atoms with Crippen LogP contribution in [0.3, 0.4) is 0 Å². The van der Waals surface area contributed by atoms with Gasteiger partial charge in [0.25, 0.3) is 11.8 Å². The second-order valence-electron chi connectivity index (χ2n) is 6.13. The van der Waals surface area contributed by atoms with Crippen molar-refractivity contribution in [2.45, 2.75) is 32.3 Å². The molecule has 128 valence electrons. The average molecular weight is 336 g/mol. The Hall–Kier alpha value is -2.82. The van der Waals surface area contributed by atoms with E-state index in [0.29, 0.717) is 17.5 Å². The Kier molecular flexibility index (Phi) is 4.37. The highest BCUT2D eigenvalue weighted by atomic mass is 16.5. The lowest BCUT2D eigenvalue weighted by molar-refractivity contribution is 0.264. The van der Waals surface area contributed by atoms with Gasteiger partial charge in [0.05, 0.1) is 12.7 Å². The monoisotopic (exact) mass is 336 g/mol. The highest BCUT2D eigenvalue weighted by Crippen LogP contribution is 2.29. The van der Waals surface area contributed by atoms with E-state index in [0.717, 1.165) is 17.7 Å². The summed E-state index contributed by atoms with van der Waals surface area (Å²) in [4.78, 5) is 0. The van der Waals surface area contributed by atoms with Gasteiger partial charge in [-0.05, 0) is 61.1 Å². The van der Waals surface area contributed by atoms with Gasteiger partial charge >= 0.3 is 0 Å². The van der Waals surface area contributed by atoms with Crippen molar-refractivity contribution in [1.82, 2.24) is 10.2 Å². The molecule has 0 spiro atoms. The van der Waals surface area contributed by atoms with Crippen LogP contribution in [-0.4, -0.2) is 17.3 Å². The molecule has 0 bridgehead atoms. The topological polar surface area (TPSA) is 57.4 Å². The van der Waals surface area contributed by atoms with Crippen LogP contribution in [0.5, 0.6) is 11.5 Å². The van der Waals surface area contributed by atoms with Crippen LogP contribution >= 0.6 is 0 Å². The number of hydrogen-bond donors (Lipinski definition) is 0. The molecule has 4 rings (SSSR count). The van der Waals surface area contributed by atoms with E-state index in [2.05, 4.69) is 22.3 Å². The largest absolute Gasteiger partial charge is 0.496 e. The number of methoxy groups -OCH3 is 1. The lowest BCUT2D eigenvalue weighted by Gasteiger charge is -2.16. The molecule has 0 fully saturated rings. The summed E-state index contributed by atoms with van der Waals surface area (Å²) in [6.45, 7) is 0.251. The first kappa shape index (κ1) is 15.7. The predicted molar refractivity (Wildman–Crippen MR) is 93.7 cm³/mol. The smallest absolute Gasteiger partial charge is 0.254 e. The number of hydrogen-bond acceptors (Lipinski definition) is 5. The van der Waals surface area contributed by atoms with Crippen molar-refractivity contribution in [2.24, 2.45) is 0 Å². The Morgan fingerprint density at radius 2 is 1.84 bits per heavy atom. The summed E-state index contributed by atoms with van der Waals surface area (Å²) in [6, 6.07) is 13.9. The van der Waals surface area contributed by atoms with Crippen LogP contribution in [0.4, 0.5) is 0 Å². The number of rotatable bonds is 5. The van der Waals surface area contributed by atoms with Crippen LogP contribution in [0, 0.1) is 0 Å². The van der Waals surface area contributed by atoms with Gasteiger partial charge in [-0.1, -0.05) is 18.2 Å². The SMILES string of the molecule is COc1ccccc1-c1nnc(COc2ccc3c(c2)CCCC3)o1. The number of aryl methyl sites for hydroxylation is 2. The third-order valence-electron chi connectivity index (χ3n) is 4.49. The van der Waals surface area contributed by atoms with Gasteiger partial charge in [0.1, 0.15) is 11.5 Å². The Morgan fingerprint density at radius 1 is 1.00 bits per heavy atom. The number of para-hydroxylation sites is 1. The fourth-order valence-corrected chi connectivity index (χ4v) is 3.19. The van der Waals surface area contributed by atoms with Gasteiger partial charge in [0.2, 0.25) is 0 Å².